The molecular weight excluding hydrogens is 204 g/mol. The summed E-state index contributed by atoms with van der Waals surface area (Å²) in [6.45, 7) is 5.44. The van der Waals surface area contributed by atoms with Crippen LogP contribution in [0.3, 0.4) is 0 Å². The van der Waals surface area contributed by atoms with Gasteiger partial charge in [-0.3, -0.25) is 0 Å². The molecule has 0 aromatic rings. The van der Waals surface area contributed by atoms with Crippen LogP contribution in [0.1, 0.15) is 26.2 Å². The van der Waals surface area contributed by atoms with Gasteiger partial charge in [-0.25, -0.2) is 4.79 Å². The molecule has 0 unspecified atom stereocenters. The first kappa shape index (κ1) is 13.3. The highest BCUT2D eigenvalue weighted by Crippen LogP contribution is 2.16. The predicted molar refractivity (Wildman–Crippen MR) is 64.5 cm³/mol. The molecule has 0 aromatic carbocycles. The summed E-state index contributed by atoms with van der Waals surface area (Å²) < 4.78 is 5.23. The van der Waals surface area contributed by atoms with Crippen molar-refractivity contribution in [3.8, 4) is 0 Å². The number of hydrogen-bond donors (Lipinski definition) is 0. The Balaban J connectivity index is 2.10. The highest BCUT2D eigenvalue weighted by atomic mass is 16.6. The lowest BCUT2D eigenvalue weighted by Crippen LogP contribution is -2.38. The van der Waals surface area contributed by atoms with Crippen molar-refractivity contribution in [2.45, 2.75) is 26.2 Å². The number of piperidine rings is 1. The van der Waals surface area contributed by atoms with E-state index in [4.69, 9.17) is 4.74 Å². The summed E-state index contributed by atoms with van der Waals surface area (Å²) in [5.74, 6) is 0.748. The van der Waals surface area contributed by atoms with Gasteiger partial charge in [-0.05, 0) is 39.3 Å². The van der Waals surface area contributed by atoms with Crippen molar-refractivity contribution in [2.24, 2.45) is 5.92 Å². The lowest BCUT2D eigenvalue weighted by atomic mass is 10.00. The van der Waals surface area contributed by atoms with Crippen LogP contribution in [0, 0.1) is 5.92 Å². The summed E-state index contributed by atoms with van der Waals surface area (Å²) in [5, 5.41) is 0. The zero-order chi connectivity index (χ0) is 12.0. The minimum absolute atomic E-state index is 0.134. The first-order chi connectivity index (χ1) is 7.59. The Bertz CT molecular complexity index is 211. The fourth-order valence-electron chi connectivity index (χ4n) is 1.82. The van der Waals surface area contributed by atoms with E-state index in [1.54, 1.807) is 0 Å². The number of amides is 1. The number of carbonyl (C=O) groups excluding carboxylic acids is 1. The Morgan fingerprint density at radius 1 is 1.38 bits per heavy atom. The minimum atomic E-state index is -0.134. The van der Waals surface area contributed by atoms with E-state index in [0.717, 1.165) is 44.8 Å². The number of nitrogens with zero attached hydrogens (tertiary/aromatic N) is 2. The van der Waals surface area contributed by atoms with Crippen LogP contribution in [0.15, 0.2) is 0 Å². The molecule has 16 heavy (non-hydrogen) atoms. The largest absolute Gasteiger partial charge is 0.449 e. The highest BCUT2D eigenvalue weighted by Gasteiger charge is 2.20. The average Bonchev–Trinajstić information content (AvgIpc) is 2.25. The molecule has 94 valence electrons. The summed E-state index contributed by atoms with van der Waals surface area (Å²) in [4.78, 5) is 15.6. The molecule has 1 saturated heterocycles. The fraction of sp³-hybridized carbons (Fsp3) is 0.917. The molecule has 4 heteroatoms. The molecule has 0 spiro atoms. The Labute approximate surface area is 98.5 Å². The molecule has 0 bridgehead atoms. The van der Waals surface area contributed by atoms with Crippen LogP contribution in [0.2, 0.25) is 0 Å². The normalized spacial score (nSPS) is 17.9. The zero-order valence-corrected chi connectivity index (χ0v) is 10.7. The van der Waals surface area contributed by atoms with E-state index in [1.165, 1.54) is 0 Å². The van der Waals surface area contributed by atoms with Crippen molar-refractivity contribution in [2.75, 3.05) is 40.3 Å². The molecule has 1 heterocycles. The number of ether oxygens (including phenoxy) is 1. The van der Waals surface area contributed by atoms with Gasteiger partial charge in [0.15, 0.2) is 0 Å². The van der Waals surface area contributed by atoms with Gasteiger partial charge in [-0.2, -0.15) is 0 Å². The first-order valence-corrected chi connectivity index (χ1v) is 6.16. The third-order valence-electron chi connectivity index (χ3n) is 3.02. The van der Waals surface area contributed by atoms with Crippen LogP contribution in [-0.4, -0.2) is 56.2 Å². The molecule has 0 saturated carbocycles. The van der Waals surface area contributed by atoms with Crippen molar-refractivity contribution in [3.63, 3.8) is 0 Å². The molecule has 0 aromatic heterocycles. The second-order valence-electron chi connectivity index (χ2n) is 4.94. The lowest BCUT2D eigenvalue weighted by molar-refractivity contribution is 0.0866. The molecule has 0 atom stereocenters. The van der Waals surface area contributed by atoms with Gasteiger partial charge in [0.25, 0.3) is 0 Å². The van der Waals surface area contributed by atoms with Crippen molar-refractivity contribution >= 4 is 6.09 Å². The van der Waals surface area contributed by atoms with Gasteiger partial charge in [0.1, 0.15) is 0 Å². The monoisotopic (exact) mass is 228 g/mol. The molecule has 1 fully saturated rings. The minimum Gasteiger partial charge on any atom is -0.449 e. The third kappa shape index (κ3) is 4.84. The Morgan fingerprint density at radius 2 is 2.00 bits per heavy atom. The molecular formula is C12H24N2O2. The quantitative estimate of drug-likeness (QED) is 0.688. The standard InChI is InChI=1S/C12H24N2O2/c1-11-5-8-14(9-6-11)12(15)16-10-4-7-13(2)3/h11H,4-10H2,1-3H3. The van der Waals surface area contributed by atoms with Crippen LogP contribution in [-0.2, 0) is 4.74 Å². The second-order valence-corrected chi connectivity index (χ2v) is 4.94. The SMILES string of the molecule is CC1CCN(C(=O)OCCCN(C)C)CC1. The summed E-state index contributed by atoms with van der Waals surface area (Å²) in [7, 11) is 4.04. The average molecular weight is 228 g/mol. The molecule has 1 aliphatic heterocycles. The maximum atomic E-state index is 11.6. The van der Waals surface area contributed by atoms with E-state index < -0.39 is 0 Å². The summed E-state index contributed by atoms with van der Waals surface area (Å²) in [6, 6.07) is 0. The Kier molecular flexibility index (Phi) is 5.60. The molecule has 0 N–H and O–H groups in total. The predicted octanol–water partition coefficient (Wildman–Crippen LogP) is 1.81. The van der Waals surface area contributed by atoms with Gasteiger partial charge in [0.05, 0.1) is 6.61 Å². The third-order valence-corrected chi connectivity index (χ3v) is 3.02. The van der Waals surface area contributed by atoms with Crippen LogP contribution in [0.5, 0.6) is 0 Å². The van der Waals surface area contributed by atoms with Gasteiger partial charge in [-0.15, -0.1) is 0 Å². The molecule has 1 amide bonds. The summed E-state index contributed by atoms with van der Waals surface area (Å²) in [6.07, 6.45) is 2.98. The Hall–Kier alpha value is -0.770. The van der Waals surface area contributed by atoms with Crippen LogP contribution in [0.4, 0.5) is 4.79 Å². The Morgan fingerprint density at radius 3 is 2.56 bits per heavy atom. The molecule has 0 radical (unpaired) electrons. The molecule has 0 aliphatic carbocycles. The molecule has 1 aliphatic rings. The number of rotatable bonds is 4. The van der Waals surface area contributed by atoms with Crippen molar-refractivity contribution in [1.82, 2.24) is 9.80 Å². The highest BCUT2D eigenvalue weighted by molar-refractivity contribution is 5.67. The maximum Gasteiger partial charge on any atom is 0.409 e. The van der Waals surface area contributed by atoms with Gasteiger partial charge >= 0.3 is 6.09 Å². The zero-order valence-electron chi connectivity index (χ0n) is 10.7. The van der Waals surface area contributed by atoms with Crippen LogP contribution < -0.4 is 0 Å². The lowest BCUT2D eigenvalue weighted by Gasteiger charge is -2.29. The van der Waals surface area contributed by atoms with E-state index in [9.17, 15) is 4.79 Å². The van der Waals surface area contributed by atoms with E-state index >= 15 is 0 Å². The van der Waals surface area contributed by atoms with E-state index in [0.29, 0.717) is 6.61 Å². The van der Waals surface area contributed by atoms with Crippen molar-refractivity contribution in [1.29, 1.82) is 0 Å². The summed E-state index contributed by atoms with van der Waals surface area (Å²) >= 11 is 0. The number of hydrogen-bond acceptors (Lipinski definition) is 3. The van der Waals surface area contributed by atoms with E-state index in [1.807, 2.05) is 19.0 Å². The van der Waals surface area contributed by atoms with Gasteiger partial charge in [0.2, 0.25) is 0 Å². The maximum absolute atomic E-state index is 11.6. The smallest absolute Gasteiger partial charge is 0.409 e. The van der Waals surface area contributed by atoms with Crippen molar-refractivity contribution in [3.05, 3.63) is 0 Å². The van der Waals surface area contributed by atoms with Crippen molar-refractivity contribution < 1.29 is 9.53 Å². The topological polar surface area (TPSA) is 32.8 Å². The molecule has 1 rings (SSSR count). The van der Waals surface area contributed by atoms with Gasteiger partial charge < -0.3 is 14.5 Å². The summed E-state index contributed by atoms with van der Waals surface area (Å²) in [5.41, 5.74) is 0. The second kappa shape index (κ2) is 6.74. The van der Waals surface area contributed by atoms with Crippen LogP contribution >= 0.6 is 0 Å². The number of likely N-dealkylation sites (tertiary alicyclic amines) is 1. The van der Waals surface area contributed by atoms with E-state index in [2.05, 4.69) is 11.8 Å². The van der Waals surface area contributed by atoms with Crippen LogP contribution in [0.25, 0.3) is 0 Å². The number of carbonyl (C=O) groups is 1. The van der Waals surface area contributed by atoms with Gasteiger partial charge in [-0.1, -0.05) is 6.92 Å². The van der Waals surface area contributed by atoms with E-state index in [-0.39, 0.29) is 6.09 Å². The fourth-order valence-corrected chi connectivity index (χ4v) is 1.82. The first-order valence-electron chi connectivity index (χ1n) is 6.16. The molecule has 4 nitrogen and oxygen atoms in total. The van der Waals surface area contributed by atoms with Gasteiger partial charge in [0, 0.05) is 19.6 Å².